The van der Waals surface area contributed by atoms with Crippen molar-refractivity contribution in [2.45, 2.75) is 37.2 Å². The highest BCUT2D eigenvalue weighted by Gasteiger charge is 2.28. The summed E-state index contributed by atoms with van der Waals surface area (Å²) in [6, 6.07) is 7.94. The monoisotopic (exact) mass is 265 g/mol. The Morgan fingerprint density at radius 2 is 2.17 bits per heavy atom. The average Bonchev–Trinajstić information content (AvgIpc) is 2.35. The molecule has 1 aromatic rings. The Hall–Kier alpha value is -1.00. The number of carboxylic acids is 1. The second-order valence-electron chi connectivity index (χ2n) is 4.95. The molecule has 0 fully saturated rings. The van der Waals surface area contributed by atoms with Crippen LogP contribution >= 0.6 is 11.8 Å². The van der Waals surface area contributed by atoms with Crippen molar-refractivity contribution in [1.82, 2.24) is 5.32 Å². The predicted molar refractivity (Wildman–Crippen MR) is 73.9 cm³/mol. The summed E-state index contributed by atoms with van der Waals surface area (Å²) in [4.78, 5) is 12.5. The molecule has 0 aliphatic carbocycles. The molecule has 2 unspecified atom stereocenters. The van der Waals surface area contributed by atoms with Gasteiger partial charge in [-0.2, -0.15) is 0 Å². The molecule has 0 bridgehead atoms. The molecule has 1 aliphatic heterocycles. The lowest BCUT2D eigenvalue weighted by Crippen LogP contribution is -2.43. The smallest absolute Gasteiger partial charge is 0.320 e. The van der Waals surface area contributed by atoms with Crippen molar-refractivity contribution in [3.63, 3.8) is 0 Å². The number of carbonyl (C=O) groups is 1. The Balaban J connectivity index is 2.18. The molecular formula is C14H19NO2S. The van der Waals surface area contributed by atoms with Crippen molar-refractivity contribution >= 4 is 17.7 Å². The fourth-order valence-electron chi connectivity index (χ4n) is 2.28. The third-order valence-electron chi connectivity index (χ3n) is 3.27. The number of hydrogen-bond donors (Lipinski definition) is 2. The van der Waals surface area contributed by atoms with Gasteiger partial charge in [-0.1, -0.05) is 32.0 Å². The van der Waals surface area contributed by atoms with Gasteiger partial charge in [-0.15, -0.1) is 11.8 Å². The molecule has 0 amide bonds. The lowest BCUT2D eigenvalue weighted by Gasteiger charge is -2.30. The maximum atomic E-state index is 11.3. The van der Waals surface area contributed by atoms with Crippen LogP contribution in [0.25, 0.3) is 0 Å². The van der Waals surface area contributed by atoms with Gasteiger partial charge in [-0.05, 0) is 29.7 Å². The molecule has 98 valence electrons. The van der Waals surface area contributed by atoms with Gasteiger partial charge in [0.1, 0.15) is 6.04 Å². The number of nitrogens with one attached hydrogen (secondary N) is 1. The zero-order chi connectivity index (χ0) is 13.1. The molecule has 0 spiro atoms. The highest BCUT2D eigenvalue weighted by Crippen LogP contribution is 2.36. The number of thioether (sulfide) groups is 1. The highest BCUT2D eigenvalue weighted by molar-refractivity contribution is 7.99. The molecule has 18 heavy (non-hydrogen) atoms. The minimum absolute atomic E-state index is 0.0873. The summed E-state index contributed by atoms with van der Waals surface area (Å²) in [5, 5.41) is 12.6. The molecule has 1 heterocycles. The molecule has 0 saturated heterocycles. The molecular weight excluding hydrogens is 246 g/mol. The molecule has 0 radical (unpaired) electrons. The zero-order valence-corrected chi connectivity index (χ0v) is 11.5. The lowest BCUT2D eigenvalue weighted by molar-refractivity contribution is -0.140. The third-order valence-corrected chi connectivity index (χ3v) is 4.39. The van der Waals surface area contributed by atoms with E-state index in [0.29, 0.717) is 0 Å². The largest absolute Gasteiger partial charge is 0.480 e. The van der Waals surface area contributed by atoms with Gasteiger partial charge >= 0.3 is 5.97 Å². The number of carboxylic acid groups (broad SMARTS) is 1. The number of benzene rings is 1. The van der Waals surface area contributed by atoms with Gasteiger partial charge in [0.15, 0.2) is 0 Å². The van der Waals surface area contributed by atoms with Crippen LogP contribution in [-0.2, 0) is 4.79 Å². The topological polar surface area (TPSA) is 49.3 Å². The first-order valence-electron chi connectivity index (χ1n) is 6.30. The Labute approximate surface area is 112 Å². The van der Waals surface area contributed by atoms with Gasteiger partial charge in [0.2, 0.25) is 0 Å². The number of fused-ring (bicyclic) bond motifs is 1. The van der Waals surface area contributed by atoms with E-state index in [-0.39, 0.29) is 12.0 Å². The molecule has 0 aromatic heterocycles. The first-order valence-corrected chi connectivity index (χ1v) is 7.28. The molecule has 4 heteroatoms. The van der Waals surface area contributed by atoms with Gasteiger partial charge in [0.25, 0.3) is 0 Å². The summed E-state index contributed by atoms with van der Waals surface area (Å²) in [6.07, 6.45) is 0.984. The quantitative estimate of drug-likeness (QED) is 0.879. The Kier molecular flexibility index (Phi) is 4.30. The maximum Gasteiger partial charge on any atom is 0.320 e. The maximum absolute atomic E-state index is 11.3. The van der Waals surface area contributed by atoms with Crippen molar-refractivity contribution in [2.75, 3.05) is 5.75 Å². The Morgan fingerprint density at radius 3 is 2.83 bits per heavy atom. The van der Waals surface area contributed by atoms with Crippen molar-refractivity contribution in [3.8, 4) is 0 Å². The van der Waals surface area contributed by atoms with Gasteiger partial charge < -0.3 is 5.11 Å². The first kappa shape index (κ1) is 13.4. The van der Waals surface area contributed by atoms with Crippen LogP contribution in [0.2, 0.25) is 0 Å². The number of aliphatic carboxylic acids is 1. The van der Waals surface area contributed by atoms with E-state index >= 15 is 0 Å². The van der Waals surface area contributed by atoms with E-state index < -0.39 is 12.0 Å². The normalized spacial score (nSPS) is 20.5. The second kappa shape index (κ2) is 5.76. The van der Waals surface area contributed by atoms with Crippen LogP contribution in [0.5, 0.6) is 0 Å². The molecule has 2 rings (SSSR count). The Morgan fingerprint density at radius 1 is 1.44 bits per heavy atom. The van der Waals surface area contributed by atoms with Gasteiger partial charge in [0.05, 0.1) is 0 Å². The van der Waals surface area contributed by atoms with E-state index in [1.54, 1.807) is 0 Å². The van der Waals surface area contributed by atoms with Crippen LogP contribution in [0, 0.1) is 5.92 Å². The summed E-state index contributed by atoms with van der Waals surface area (Å²) < 4.78 is 0. The summed E-state index contributed by atoms with van der Waals surface area (Å²) in [6.45, 7) is 3.88. The van der Waals surface area contributed by atoms with Gasteiger partial charge in [-0.25, -0.2) is 0 Å². The molecule has 2 atom stereocenters. The second-order valence-corrected chi connectivity index (χ2v) is 6.09. The van der Waals surface area contributed by atoms with Crippen molar-refractivity contribution in [2.24, 2.45) is 5.92 Å². The molecule has 2 N–H and O–H groups in total. The van der Waals surface area contributed by atoms with Crippen LogP contribution in [0.4, 0.5) is 0 Å². The molecule has 3 nitrogen and oxygen atoms in total. The van der Waals surface area contributed by atoms with Crippen molar-refractivity contribution < 1.29 is 9.90 Å². The SMILES string of the molecule is CC(C)C(NC1CCSc2ccccc21)C(=O)O. The highest BCUT2D eigenvalue weighted by atomic mass is 32.2. The fourth-order valence-corrected chi connectivity index (χ4v) is 3.41. The van der Waals surface area contributed by atoms with Crippen LogP contribution in [0.15, 0.2) is 29.2 Å². The van der Waals surface area contributed by atoms with E-state index in [2.05, 4.69) is 17.4 Å². The van der Waals surface area contributed by atoms with E-state index in [4.69, 9.17) is 0 Å². The minimum Gasteiger partial charge on any atom is -0.480 e. The third kappa shape index (κ3) is 2.87. The van der Waals surface area contributed by atoms with Crippen molar-refractivity contribution in [3.05, 3.63) is 29.8 Å². The summed E-state index contributed by atoms with van der Waals surface area (Å²) in [5.41, 5.74) is 1.24. The van der Waals surface area contributed by atoms with E-state index in [0.717, 1.165) is 12.2 Å². The standard InChI is InChI=1S/C14H19NO2S/c1-9(2)13(14(16)17)15-11-7-8-18-12-6-4-3-5-10(11)12/h3-6,9,11,13,15H,7-8H2,1-2H3,(H,16,17). The van der Waals surface area contributed by atoms with Crippen LogP contribution in [0.3, 0.4) is 0 Å². The van der Waals surface area contributed by atoms with Crippen LogP contribution in [-0.4, -0.2) is 22.9 Å². The lowest BCUT2D eigenvalue weighted by atomic mass is 9.98. The summed E-state index contributed by atoms with van der Waals surface area (Å²) >= 11 is 1.85. The number of rotatable bonds is 4. The minimum atomic E-state index is -0.763. The first-order chi connectivity index (χ1) is 8.59. The predicted octanol–water partition coefficient (Wildman–Crippen LogP) is 2.92. The van der Waals surface area contributed by atoms with Crippen LogP contribution < -0.4 is 5.32 Å². The molecule has 1 aliphatic rings. The fraction of sp³-hybridized carbons (Fsp3) is 0.500. The van der Waals surface area contributed by atoms with E-state index in [9.17, 15) is 9.90 Å². The van der Waals surface area contributed by atoms with Gasteiger partial charge in [-0.3, -0.25) is 10.1 Å². The van der Waals surface area contributed by atoms with Gasteiger partial charge in [0, 0.05) is 10.9 Å². The van der Waals surface area contributed by atoms with Crippen LogP contribution in [0.1, 0.15) is 31.9 Å². The Bertz CT molecular complexity index is 434. The zero-order valence-electron chi connectivity index (χ0n) is 10.7. The van der Waals surface area contributed by atoms with E-state index in [1.165, 1.54) is 10.5 Å². The summed E-state index contributed by atoms with van der Waals surface area (Å²) in [5.74, 6) is 0.365. The molecule has 0 saturated carbocycles. The van der Waals surface area contributed by atoms with Crippen molar-refractivity contribution in [1.29, 1.82) is 0 Å². The average molecular weight is 265 g/mol. The molecule has 1 aromatic carbocycles. The summed E-state index contributed by atoms with van der Waals surface area (Å²) in [7, 11) is 0. The number of hydrogen-bond acceptors (Lipinski definition) is 3. The van der Waals surface area contributed by atoms with E-state index in [1.807, 2.05) is 37.7 Å².